The Morgan fingerprint density at radius 1 is 1.43 bits per heavy atom. The Balaban J connectivity index is 2.84. The normalized spacial score (nSPS) is 11.2. The number of hydrogen-bond acceptors (Lipinski definition) is 6. The third kappa shape index (κ3) is 5.17. The van der Waals surface area contributed by atoms with Gasteiger partial charge in [-0.1, -0.05) is 25.2 Å². The zero-order chi connectivity index (χ0) is 16.0. The number of thiazole rings is 1. The number of amides is 1. The van der Waals surface area contributed by atoms with Crippen LogP contribution < -0.4 is 11.1 Å². The molecule has 0 atom stereocenters. The monoisotopic (exact) mass is 314 g/mol. The number of aromatic nitrogens is 1. The van der Waals surface area contributed by atoms with Gasteiger partial charge in [-0.2, -0.15) is 0 Å². The van der Waals surface area contributed by atoms with Crippen molar-refractivity contribution in [2.45, 2.75) is 33.7 Å². The molecular formula is C14H26N4O2S. The summed E-state index contributed by atoms with van der Waals surface area (Å²) in [7, 11) is 1.64. The van der Waals surface area contributed by atoms with Gasteiger partial charge in [0.05, 0.1) is 6.61 Å². The fourth-order valence-corrected chi connectivity index (χ4v) is 2.74. The Hall–Kier alpha value is -1.34. The Labute approximate surface area is 130 Å². The van der Waals surface area contributed by atoms with Crippen LogP contribution in [0.15, 0.2) is 0 Å². The number of hydrogen-bond donors (Lipinski definition) is 2. The second kappa shape index (κ2) is 8.19. The molecule has 1 rings (SSSR count). The maximum Gasteiger partial charge on any atom is 0.268 e. The molecule has 0 spiro atoms. The van der Waals surface area contributed by atoms with Crippen molar-refractivity contribution in [1.82, 2.24) is 9.88 Å². The van der Waals surface area contributed by atoms with Crippen LogP contribution in [0.1, 0.15) is 37.4 Å². The van der Waals surface area contributed by atoms with Gasteiger partial charge in [-0.15, -0.1) is 0 Å². The highest BCUT2D eigenvalue weighted by Crippen LogP contribution is 2.27. The van der Waals surface area contributed by atoms with E-state index in [0.717, 1.165) is 0 Å². The van der Waals surface area contributed by atoms with E-state index in [9.17, 15) is 4.79 Å². The van der Waals surface area contributed by atoms with Gasteiger partial charge in [-0.05, 0) is 19.8 Å². The highest BCUT2D eigenvalue weighted by molar-refractivity contribution is 7.18. The molecule has 0 saturated carbocycles. The van der Waals surface area contributed by atoms with E-state index in [2.05, 4.69) is 24.1 Å². The van der Waals surface area contributed by atoms with Crippen molar-refractivity contribution in [1.29, 1.82) is 0 Å². The first-order chi connectivity index (χ1) is 9.86. The van der Waals surface area contributed by atoms with E-state index in [1.807, 2.05) is 18.7 Å². The second-order valence-corrected chi connectivity index (χ2v) is 6.60. The number of nitrogens with two attached hydrogens (primary N) is 1. The Morgan fingerprint density at radius 2 is 2.10 bits per heavy atom. The third-order valence-corrected chi connectivity index (χ3v) is 3.89. The lowest BCUT2D eigenvalue weighted by molar-refractivity contribution is 0.0688. The summed E-state index contributed by atoms with van der Waals surface area (Å²) in [5.74, 6) is 0.651. The van der Waals surface area contributed by atoms with E-state index in [1.54, 1.807) is 7.11 Å². The zero-order valence-corrected chi connectivity index (χ0v) is 14.3. The topological polar surface area (TPSA) is 80.5 Å². The summed E-state index contributed by atoms with van der Waals surface area (Å²) in [6.07, 6.45) is 0. The van der Waals surface area contributed by atoms with Crippen LogP contribution in [0.5, 0.6) is 0 Å². The van der Waals surface area contributed by atoms with Crippen molar-refractivity contribution in [3.8, 4) is 0 Å². The molecule has 0 radical (unpaired) electrons. The minimum Gasteiger partial charge on any atom is -0.383 e. The summed E-state index contributed by atoms with van der Waals surface area (Å²) < 4.78 is 4.97. The summed E-state index contributed by atoms with van der Waals surface area (Å²) in [4.78, 5) is 19.2. The van der Waals surface area contributed by atoms with Gasteiger partial charge in [-0.25, -0.2) is 4.98 Å². The highest BCUT2D eigenvalue weighted by Gasteiger charge is 2.24. The molecule has 0 fully saturated rings. The van der Waals surface area contributed by atoms with Crippen LogP contribution >= 0.6 is 11.3 Å². The Morgan fingerprint density at radius 3 is 2.62 bits per heavy atom. The molecule has 0 saturated heterocycles. The van der Waals surface area contributed by atoms with Gasteiger partial charge in [0.1, 0.15) is 10.7 Å². The number of methoxy groups -OCH3 is 1. The summed E-state index contributed by atoms with van der Waals surface area (Å²) in [6, 6.07) is 0.131. The van der Waals surface area contributed by atoms with E-state index in [4.69, 9.17) is 10.5 Å². The number of carbonyl (C=O) groups excluding carboxylic acids is 1. The Kier molecular flexibility index (Phi) is 6.91. The molecule has 0 bridgehead atoms. The van der Waals surface area contributed by atoms with Gasteiger partial charge in [0.15, 0.2) is 5.13 Å². The number of carbonyl (C=O) groups is 1. The molecule has 6 nitrogen and oxygen atoms in total. The van der Waals surface area contributed by atoms with Gasteiger partial charge in [-0.3, -0.25) is 4.79 Å². The minimum absolute atomic E-state index is 0.0477. The summed E-state index contributed by atoms with van der Waals surface area (Å²) >= 11 is 1.30. The standard InChI is InChI=1S/C14H26N4O2S/c1-9(2)8-18(10(3)4)13(19)11-12(15)17-14(21-11)16-6-7-20-5/h9-10H,6-8,15H2,1-5H3,(H,16,17). The lowest BCUT2D eigenvalue weighted by Gasteiger charge is -2.28. The van der Waals surface area contributed by atoms with Crippen molar-refractivity contribution < 1.29 is 9.53 Å². The van der Waals surface area contributed by atoms with E-state index in [0.29, 0.717) is 41.4 Å². The fraction of sp³-hybridized carbons (Fsp3) is 0.714. The predicted molar refractivity (Wildman–Crippen MR) is 87.9 cm³/mol. The molecule has 0 unspecified atom stereocenters. The van der Waals surface area contributed by atoms with Gasteiger partial charge >= 0.3 is 0 Å². The molecule has 1 aromatic rings. The number of nitrogen functional groups attached to an aromatic ring is 1. The van der Waals surface area contributed by atoms with Gasteiger partial charge in [0.2, 0.25) is 0 Å². The molecule has 1 aromatic heterocycles. The summed E-state index contributed by atoms with van der Waals surface area (Å²) in [5, 5.41) is 3.76. The average Bonchev–Trinajstić information content (AvgIpc) is 2.76. The molecule has 0 aliphatic heterocycles. The van der Waals surface area contributed by atoms with Gasteiger partial charge < -0.3 is 20.7 Å². The first-order valence-electron chi connectivity index (χ1n) is 7.16. The number of nitrogens with zero attached hydrogens (tertiary/aromatic N) is 2. The molecule has 0 aromatic carbocycles. The van der Waals surface area contributed by atoms with Crippen LogP contribution in [-0.2, 0) is 4.74 Å². The number of nitrogens with one attached hydrogen (secondary N) is 1. The Bertz CT molecular complexity index is 460. The fourth-order valence-electron chi connectivity index (χ4n) is 1.87. The lowest BCUT2D eigenvalue weighted by atomic mass is 10.1. The van der Waals surface area contributed by atoms with Gasteiger partial charge in [0, 0.05) is 26.2 Å². The predicted octanol–water partition coefficient (Wildman–Crippen LogP) is 2.29. The van der Waals surface area contributed by atoms with Crippen molar-refractivity contribution in [3.63, 3.8) is 0 Å². The maximum atomic E-state index is 12.6. The first kappa shape index (κ1) is 17.7. The van der Waals surface area contributed by atoms with E-state index in [-0.39, 0.29) is 11.9 Å². The van der Waals surface area contributed by atoms with E-state index >= 15 is 0 Å². The van der Waals surface area contributed by atoms with Crippen molar-refractivity contribution in [2.24, 2.45) is 5.92 Å². The molecule has 0 aliphatic rings. The smallest absolute Gasteiger partial charge is 0.268 e. The van der Waals surface area contributed by atoms with Crippen LogP contribution in [0.25, 0.3) is 0 Å². The number of rotatable bonds is 8. The van der Waals surface area contributed by atoms with Crippen molar-refractivity contribution >= 4 is 28.2 Å². The molecular weight excluding hydrogens is 288 g/mol. The van der Waals surface area contributed by atoms with Gasteiger partial charge in [0.25, 0.3) is 5.91 Å². The van der Waals surface area contributed by atoms with Crippen molar-refractivity contribution in [2.75, 3.05) is 37.9 Å². The van der Waals surface area contributed by atoms with Crippen LogP contribution in [0, 0.1) is 5.92 Å². The number of ether oxygens (including phenoxy) is 1. The quantitative estimate of drug-likeness (QED) is 0.720. The third-order valence-electron chi connectivity index (χ3n) is 2.88. The molecule has 3 N–H and O–H groups in total. The lowest BCUT2D eigenvalue weighted by Crippen LogP contribution is -2.39. The molecule has 1 amide bonds. The summed E-state index contributed by atoms with van der Waals surface area (Å²) in [5.41, 5.74) is 5.90. The maximum absolute atomic E-state index is 12.6. The molecule has 0 aliphatic carbocycles. The zero-order valence-electron chi connectivity index (χ0n) is 13.5. The molecule has 21 heavy (non-hydrogen) atoms. The van der Waals surface area contributed by atoms with E-state index < -0.39 is 0 Å². The summed E-state index contributed by atoms with van der Waals surface area (Å²) in [6.45, 7) is 10.1. The van der Waals surface area contributed by atoms with Crippen LogP contribution in [-0.4, -0.2) is 48.6 Å². The first-order valence-corrected chi connectivity index (χ1v) is 7.98. The average molecular weight is 314 g/mol. The molecule has 7 heteroatoms. The molecule has 1 heterocycles. The van der Waals surface area contributed by atoms with Crippen molar-refractivity contribution in [3.05, 3.63) is 4.88 Å². The number of anilines is 2. The largest absolute Gasteiger partial charge is 0.383 e. The SMILES string of the molecule is COCCNc1nc(N)c(C(=O)N(CC(C)C)C(C)C)s1. The van der Waals surface area contributed by atoms with E-state index in [1.165, 1.54) is 11.3 Å². The van der Waals surface area contributed by atoms with Crippen LogP contribution in [0.2, 0.25) is 0 Å². The van der Waals surface area contributed by atoms with Crippen LogP contribution in [0.3, 0.4) is 0 Å². The van der Waals surface area contributed by atoms with Crippen LogP contribution in [0.4, 0.5) is 10.9 Å². The molecule has 120 valence electrons. The highest BCUT2D eigenvalue weighted by atomic mass is 32.1. The second-order valence-electron chi connectivity index (χ2n) is 5.60. The minimum atomic E-state index is -0.0477.